The van der Waals surface area contributed by atoms with Crippen LogP contribution >= 0.6 is 0 Å². The van der Waals surface area contributed by atoms with Crippen LogP contribution in [0.4, 0.5) is 0 Å². The summed E-state index contributed by atoms with van der Waals surface area (Å²) in [7, 11) is 0. The summed E-state index contributed by atoms with van der Waals surface area (Å²) < 4.78 is 11.1. The van der Waals surface area contributed by atoms with Crippen LogP contribution in [0.15, 0.2) is 18.3 Å². The molecule has 2 heterocycles. The maximum Gasteiger partial charge on any atom is 0.163 e. The summed E-state index contributed by atoms with van der Waals surface area (Å²) >= 11 is 0. The molecule has 0 saturated carbocycles. The first-order valence-electron chi connectivity index (χ1n) is 5.30. The van der Waals surface area contributed by atoms with Crippen molar-refractivity contribution in [3.63, 3.8) is 0 Å². The molecule has 4 heteroatoms. The largest absolute Gasteiger partial charge is 0.364 e. The number of nitrogens with one attached hydrogen (secondary N) is 2. The Hall–Kier alpha value is -0.840. The third kappa shape index (κ3) is 3.06. The zero-order valence-electron chi connectivity index (χ0n) is 9.25. The molecule has 1 aliphatic heterocycles. The Morgan fingerprint density at radius 3 is 3.07 bits per heavy atom. The molecule has 0 spiro atoms. The minimum absolute atomic E-state index is 0.162. The summed E-state index contributed by atoms with van der Waals surface area (Å²) in [6, 6.07) is 4.05. The average Bonchev–Trinajstić information content (AvgIpc) is 2.76. The quantitative estimate of drug-likeness (QED) is 0.786. The molecule has 4 nitrogen and oxygen atoms in total. The molecule has 0 radical (unpaired) electrons. The topological polar surface area (TPSA) is 46.3 Å². The van der Waals surface area contributed by atoms with Crippen LogP contribution in [0, 0.1) is 0 Å². The molecule has 1 aliphatic rings. The van der Waals surface area contributed by atoms with Gasteiger partial charge in [0.05, 0.1) is 12.7 Å². The first kappa shape index (κ1) is 10.7. The van der Waals surface area contributed by atoms with Crippen molar-refractivity contribution in [3.8, 4) is 0 Å². The van der Waals surface area contributed by atoms with E-state index in [0.29, 0.717) is 6.61 Å². The van der Waals surface area contributed by atoms with E-state index in [1.807, 2.05) is 26.1 Å². The molecule has 1 unspecified atom stereocenters. The van der Waals surface area contributed by atoms with E-state index in [1.165, 1.54) is 5.69 Å². The normalized spacial score (nSPS) is 24.5. The van der Waals surface area contributed by atoms with Gasteiger partial charge in [0.25, 0.3) is 0 Å². The molecule has 0 aromatic carbocycles. The molecule has 1 aromatic rings. The van der Waals surface area contributed by atoms with E-state index < -0.39 is 5.79 Å². The highest BCUT2D eigenvalue weighted by molar-refractivity contribution is 5.02. The first-order valence-corrected chi connectivity index (χ1v) is 5.30. The molecule has 1 fully saturated rings. The van der Waals surface area contributed by atoms with Crippen LogP contribution in [-0.2, 0) is 16.0 Å². The molecule has 0 bridgehead atoms. The lowest BCUT2D eigenvalue weighted by Crippen LogP contribution is -2.30. The molecule has 2 N–H and O–H groups in total. The molecule has 1 atom stereocenters. The molecule has 1 saturated heterocycles. The van der Waals surface area contributed by atoms with Crippen molar-refractivity contribution in [2.45, 2.75) is 32.3 Å². The Morgan fingerprint density at radius 1 is 1.60 bits per heavy atom. The maximum absolute atomic E-state index is 5.67. The minimum atomic E-state index is -0.418. The zero-order chi connectivity index (χ0) is 10.7. The fourth-order valence-electron chi connectivity index (χ4n) is 1.71. The number of hydrogen-bond donors (Lipinski definition) is 2. The number of H-pyrrole nitrogens is 1. The second-order valence-corrected chi connectivity index (χ2v) is 4.28. The SMILES string of the molecule is CC1(C)OCC(CNCc2ccc[nH]2)O1. The Bertz CT molecular complexity index is 296. The zero-order valence-corrected chi connectivity index (χ0v) is 9.25. The second-order valence-electron chi connectivity index (χ2n) is 4.28. The van der Waals surface area contributed by atoms with Crippen LogP contribution in [0.3, 0.4) is 0 Å². The highest BCUT2D eigenvalue weighted by Crippen LogP contribution is 2.21. The summed E-state index contributed by atoms with van der Waals surface area (Å²) in [5.74, 6) is -0.418. The third-order valence-corrected chi connectivity index (χ3v) is 2.42. The number of rotatable bonds is 4. The highest BCUT2D eigenvalue weighted by atomic mass is 16.7. The van der Waals surface area contributed by atoms with Crippen molar-refractivity contribution in [2.24, 2.45) is 0 Å². The van der Waals surface area contributed by atoms with E-state index in [0.717, 1.165) is 13.1 Å². The van der Waals surface area contributed by atoms with E-state index in [-0.39, 0.29) is 6.10 Å². The van der Waals surface area contributed by atoms with Gasteiger partial charge in [-0.3, -0.25) is 0 Å². The lowest BCUT2D eigenvalue weighted by atomic mass is 10.3. The van der Waals surface area contributed by atoms with Gasteiger partial charge in [0, 0.05) is 25.0 Å². The van der Waals surface area contributed by atoms with Gasteiger partial charge < -0.3 is 19.8 Å². The summed E-state index contributed by atoms with van der Waals surface area (Å²) in [6.07, 6.45) is 2.09. The molecule has 0 amide bonds. The minimum Gasteiger partial charge on any atom is -0.364 e. The van der Waals surface area contributed by atoms with Gasteiger partial charge >= 0.3 is 0 Å². The molecule has 2 rings (SSSR count). The average molecular weight is 210 g/mol. The third-order valence-electron chi connectivity index (χ3n) is 2.42. The van der Waals surface area contributed by atoms with Crippen LogP contribution in [0.2, 0.25) is 0 Å². The van der Waals surface area contributed by atoms with Crippen LogP contribution in [0.1, 0.15) is 19.5 Å². The smallest absolute Gasteiger partial charge is 0.163 e. The number of hydrogen-bond acceptors (Lipinski definition) is 3. The summed E-state index contributed by atoms with van der Waals surface area (Å²) in [4.78, 5) is 3.14. The van der Waals surface area contributed by atoms with Crippen molar-refractivity contribution in [3.05, 3.63) is 24.0 Å². The molecular weight excluding hydrogens is 192 g/mol. The Morgan fingerprint density at radius 2 is 2.47 bits per heavy atom. The number of aromatic nitrogens is 1. The summed E-state index contributed by atoms with van der Waals surface area (Å²) in [5.41, 5.74) is 1.19. The van der Waals surface area contributed by atoms with Gasteiger partial charge in [0.15, 0.2) is 5.79 Å². The summed E-state index contributed by atoms with van der Waals surface area (Å²) in [5, 5.41) is 3.33. The van der Waals surface area contributed by atoms with Crippen molar-refractivity contribution in [2.75, 3.05) is 13.2 Å². The standard InChI is InChI=1S/C11H18N2O2/c1-11(2)14-8-10(15-11)7-12-6-9-4-3-5-13-9/h3-5,10,12-13H,6-8H2,1-2H3. The van der Waals surface area contributed by atoms with E-state index in [2.05, 4.69) is 16.4 Å². The first-order chi connectivity index (χ1) is 7.16. The van der Waals surface area contributed by atoms with Crippen LogP contribution in [0.25, 0.3) is 0 Å². The molecule has 84 valence electrons. The van der Waals surface area contributed by atoms with Crippen LogP contribution in [-0.4, -0.2) is 30.0 Å². The van der Waals surface area contributed by atoms with Gasteiger partial charge in [-0.25, -0.2) is 0 Å². The van der Waals surface area contributed by atoms with Crippen molar-refractivity contribution >= 4 is 0 Å². The van der Waals surface area contributed by atoms with Gasteiger partial charge in [0.1, 0.15) is 0 Å². The van der Waals surface area contributed by atoms with Crippen molar-refractivity contribution in [1.29, 1.82) is 0 Å². The predicted octanol–water partition coefficient (Wildman–Crippen LogP) is 1.26. The lowest BCUT2D eigenvalue weighted by Gasteiger charge is -2.17. The lowest BCUT2D eigenvalue weighted by molar-refractivity contribution is -0.137. The monoisotopic (exact) mass is 210 g/mol. The van der Waals surface area contributed by atoms with Gasteiger partial charge in [-0.2, -0.15) is 0 Å². The number of aromatic amines is 1. The van der Waals surface area contributed by atoms with Crippen molar-refractivity contribution in [1.82, 2.24) is 10.3 Å². The molecule has 0 aliphatic carbocycles. The van der Waals surface area contributed by atoms with Gasteiger partial charge in [0.2, 0.25) is 0 Å². The van der Waals surface area contributed by atoms with E-state index >= 15 is 0 Å². The summed E-state index contributed by atoms with van der Waals surface area (Å²) in [6.45, 7) is 6.22. The van der Waals surface area contributed by atoms with Gasteiger partial charge in [-0.05, 0) is 26.0 Å². The van der Waals surface area contributed by atoms with Crippen molar-refractivity contribution < 1.29 is 9.47 Å². The Labute approximate surface area is 90.0 Å². The highest BCUT2D eigenvalue weighted by Gasteiger charge is 2.32. The number of ether oxygens (including phenoxy) is 2. The van der Waals surface area contributed by atoms with Gasteiger partial charge in [-0.15, -0.1) is 0 Å². The second kappa shape index (κ2) is 4.35. The molecule has 1 aromatic heterocycles. The van der Waals surface area contributed by atoms with Crippen LogP contribution < -0.4 is 5.32 Å². The molecule has 15 heavy (non-hydrogen) atoms. The predicted molar refractivity (Wildman–Crippen MR) is 57.4 cm³/mol. The van der Waals surface area contributed by atoms with Gasteiger partial charge in [-0.1, -0.05) is 0 Å². The Kier molecular flexibility index (Phi) is 3.09. The van der Waals surface area contributed by atoms with E-state index in [4.69, 9.17) is 9.47 Å². The Balaban J connectivity index is 1.67. The molecular formula is C11H18N2O2. The fraction of sp³-hybridized carbons (Fsp3) is 0.636. The van der Waals surface area contributed by atoms with Crippen LogP contribution in [0.5, 0.6) is 0 Å². The fourth-order valence-corrected chi connectivity index (χ4v) is 1.71. The van der Waals surface area contributed by atoms with E-state index in [1.54, 1.807) is 0 Å². The maximum atomic E-state index is 5.67. The van der Waals surface area contributed by atoms with E-state index in [9.17, 15) is 0 Å².